The summed E-state index contributed by atoms with van der Waals surface area (Å²) in [4.78, 5) is 30.3. The SMILES string of the molecule is C[C@@H]1CN(c2nc(N3CC(N(C)C)C3)nc3c(F)c(-c4c(O)cccc4F)c(Cl)cc23)[C@@H](C)CN1C(=O)C1CO1. The second-order valence-corrected chi connectivity index (χ2v) is 11.5. The smallest absolute Gasteiger partial charge is 0.254 e. The Bertz CT molecular complexity index is 1480. The summed E-state index contributed by atoms with van der Waals surface area (Å²) in [6.45, 7) is 6.65. The number of phenolic OH excluding ortho intramolecular Hbond substituents is 1. The van der Waals surface area contributed by atoms with E-state index < -0.39 is 17.4 Å². The van der Waals surface area contributed by atoms with E-state index in [2.05, 4.69) is 14.8 Å². The molecule has 1 amide bonds. The number of ether oxygens (including phenoxy) is 1. The first-order chi connectivity index (χ1) is 19.0. The number of benzene rings is 2. The fourth-order valence-electron chi connectivity index (χ4n) is 5.57. The molecule has 0 saturated carbocycles. The number of piperazine rings is 1. The molecule has 0 bridgehead atoms. The normalized spacial score (nSPS) is 23.2. The van der Waals surface area contributed by atoms with Crippen molar-refractivity contribution >= 4 is 40.2 Å². The molecule has 0 radical (unpaired) electrons. The van der Waals surface area contributed by atoms with Crippen LogP contribution in [0.4, 0.5) is 20.5 Å². The number of hydrogen-bond acceptors (Lipinski definition) is 8. The average molecular weight is 573 g/mol. The van der Waals surface area contributed by atoms with Gasteiger partial charge in [-0.3, -0.25) is 4.79 Å². The fourth-order valence-corrected chi connectivity index (χ4v) is 5.85. The number of anilines is 2. The van der Waals surface area contributed by atoms with Crippen LogP contribution in [-0.4, -0.2) is 102 Å². The maximum absolute atomic E-state index is 16.4. The summed E-state index contributed by atoms with van der Waals surface area (Å²) < 4.78 is 36.4. The summed E-state index contributed by atoms with van der Waals surface area (Å²) in [5.41, 5.74) is -0.585. The molecule has 1 unspecified atom stereocenters. The van der Waals surface area contributed by atoms with Crippen molar-refractivity contribution in [1.82, 2.24) is 19.8 Å². The minimum Gasteiger partial charge on any atom is -0.507 e. The maximum atomic E-state index is 16.4. The van der Waals surface area contributed by atoms with E-state index in [0.29, 0.717) is 56.0 Å². The summed E-state index contributed by atoms with van der Waals surface area (Å²) >= 11 is 6.59. The summed E-state index contributed by atoms with van der Waals surface area (Å²) in [5, 5.41) is 10.7. The summed E-state index contributed by atoms with van der Waals surface area (Å²) in [6.07, 6.45) is -0.370. The van der Waals surface area contributed by atoms with E-state index in [4.69, 9.17) is 21.3 Å². The number of rotatable bonds is 5. The van der Waals surface area contributed by atoms with Crippen LogP contribution in [0.2, 0.25) is 5.02 Å². The van der Waals surface area contributed by atoms with Crippen molar-refractivity contribution in [2.45, 2.75) is 38.1 Å². The van der Waals surface area contributed by atoms with Gasteiger partial charge < -0.3 is 29.4 Å². The van der Waals surface area contributed by atoms with Crippen molar-refractivity contribution in [1.29, 1.82) is 0 Å². The van der Waals surface area contributed by atoms with E-state index in [1.165, 1.54) is 18.2 Å². The third-order valence-corrected chi connectivity index (χ3v) is 8.42. The van der Waals surface area contributed by atoms with Crippen LogP contribution in [-0.2, 0) is 9.53 Å². The largest absolute Gasteiger partial charge is 0.507 e. The summed E-state index contributed by atoms with van der Waals surface area (Å²) in [6, 6.07) is 5.32. The molecule has 3 aromatic rings. The van der Waals surface area contributed by atoms with Crippen LogP contribution in [0.25, 0.3) is 22.0 Å². The molecule has 2 aromatic carbocycles. The van der Waals surface area contributed by atoms with E-state index >= 15 is 4.39 Å². The van der Waals surface area contributed by atoms with Crippen molar-refractivity contribution in [3.05, 3.63) is 40.9 Å². The van der Waals surface area contributed by atoms with E-state index in [0.717, 1.165) is 6.07 Å². The molecule has 4 heterocycles. The van der Waals surface area contributed by atoms with Crippen LogP contribution in [0.1, 0.15) is 13.8 Å². The number of halogens is 3. The van der Waals surface area contributed by atoms with Gasteiger partial charge in [0.1, 0.15) is 22.9 Å². The molecule has 6 rings (SSSR count). The first-order valence-corrected chi connectivity index (χ1v) is 13.7. The molecule has 212 valence electrons. The Morgan fingerprint density at radius 2 is 1.82 bits per heavy atom. The highest BCUT2D eigenvalue weighted by Crippen LogP contribution is 2.43. The molecule has 1 N–H and O–H groups in total. The number of likely N-dealkylation sites (N-methyl/N-ethyl adjacent to an activating group) is 1. The zero-order chi connectivity index (χ0) is 28.5. The average Bonchev–Trinajstić information content (AvgIpc) is 3.71. The van der Waals surface area contributed by atoms with Crippen molar-refractivity contribution in [3.63, 3.8) is 0 Å². The molecule has 3 aliphatic heterocycles. The highest BCUT2D eigenvalue weighted by Gasteiger charge is 2.41. The van der Waals surface area contributed by atoms with Gasteiger partial charge in [0.2, 0.25) is 5.95 Å². The Labute approximate surface area is 235 Å². The number of aromatic hydroxyl groups is 1. The second kappa shape index (κ2) is 9.97. The summed E-state index contributed by atoms with van der Waals surface area (Å²) in [7, 11) is 4.00. The van der Waals surface area contributed by atoms with Crippen molar-refractivity contribution in [3.8, 4) is 16.9 Å². The Balaban J connectivity index is 1.48. The minimum absolute atomic E-state index is 0.0138. The lowest BCUT2D eigenvalue weighted by molar-refractivity contribution is -0.135. The molecular weight excluding hydrogens is 542 g/mol. The fraction of sp³-hybridized carbons (Fsp3) is 0.464. The number of fused-ring (bicyclic) bond motifs is 1. The van der Waals surface area contributed by atoms with E-state index in [-0.39, 0.29) is 45.8 Å². The molecule has 0 aliphatic carbocycles. The second-order valence-electron chi connectivity index (χ2n) is 11.1. The summed E-state index contributed by atoms with van der Waals surface area (Å²) in [5.74, 6) is -1.23. The number of carbonyl (C=O) groups excluding carboxylic acids is 1. The predicted molar refractivity (Wildman–Crippen MR) is 149 cm³/mol. The lowest BCUT2D eigenvalue weighted by Crippen LogP contribution is -2.59. The molecule has 1 aromatic heterocycles. The lowest BCUT2D eigenvalue weighted by atomic mass is 10.00. The molecule has 12 heteroatoms. The Morgan fingerprint density at radius 1 is 1.10 bits per heavy atom. The Morgan fingerprint density at radius 3 is 2.48 bits per heavy atom. The number of carbonyl (C=O) groups is 1. The topological polar surface area (TPSA) is 88.6 Å². The number of phenols is 1. The van der Waals surface area contributed by atoms with Gasteiger partial charge in [-0.25, -0.2) is 13.8 Å². The standard InChI is InChI=1S/C28H31ClF2N6O3/c1-14-10-37(27(39)21-13-40-21)15(2)9-36(14)26-17-8-18(29)22(23-19(30)6-5-7-20(23)38)24(31)25(17)32-28(33-26)35-11-16(12-35)34(3)4/h5-8,14-16,21,38H,9-13H2,1-4H3/t14-,15+,21?/m0/s1. The van der Waals surface area contributed by atoms with Crippen molar-refractivity contribution in [2.24, 2.45) is 0 Å². The zero-order valence-corrected chi connectivity index (χ0v) is 23.5. The highest BCUT2D eigenvalue weighted by atomic mass is 35.5. The van der Waals surface area contributed by atoms with Gasteiger partial charge >= 0.3 is 0 Å². The van der Waals surface area contributed by atoms with Crippen molar-refractivity contribution in [2.75, 3.05) is 56.7 Å². The molecule has 3 atom stereocenters. The number of nitrogens with zero attached hydrogens (tertiary/aromatic N) is 6. The molecular formula is C28H31ClF2N6O3. The molecule has 3 fully saturated rings. The minimum atomic E-state index is -0.835. The van der Waals surface area contributed by atoms with E-state index in [1.807, 2.05) is 37.7 Å². The number of amides is 1. The van der Waals surface area contributed by atoms with E-state index in [1.54, 1.807) is 0 Å². The number of aromatic nitrogens is 2. The van der Waals surface area contributed by atoms with Crippen LogP contribution < -0.4 is 9.80 Å². The highest BCUT2D eigenvalue weighted by molar-refractivity contribution is 6.34. The van der Waals surface area contributed by atoms with Crippen LogP contribution in [0, 0.1) is 11.6 Å². The van der Waals surface area contributed by atoms with Gasteiger partial charge in [-0.05, 0) is 46.1 Å². The quantitative estimate of drug-likeness (QED) is 0.465. The van der Waals surface area contributed by atoms with Crippen molar-refractivity contribution < 1.29 is 23.4 Å². The zero-order valence-electron chi connectivity index (χ0n) is 22.7. The number of epoxide rings is 1. The molecule has 40 heavy (non-hydrogen) atoms. The van der Waals surface area contributed by atoms with Crippen LogP contribution >= 0.6 is 11.6 Å². The lowest BCUT2D eigenvalue weighted by Gasteiger charge is -2.46. The van der Waals surface area contributed by atoms with Gasteiger partial charge in [-0.15, -0.1) is 0 Å². The van der Waals surface area contributed by atoms with Crippen LogP contribution in [0.15, 0.2) is 24.3 Å². The predicted octanol–water partition coefficient (Wildman–Crippen LogP) is 3.51. The molecule has 0 spiro atoms. The third kappa shape index (κ3) is 4.49. The van der Waals surface area contributed by atoms with Crippen LogP contribution in [0.5, 0.6) is 5.75 Å². The van der Waals surface area contributed by atoms with Gasteiger partial charge in [-0.2, -0.15) is 4.98 Å². The van der Waals surface area contributed by atoms with Gasteiger partial charge in [0.25, 0.3) is 5.91 Å². The Kier molecular flexibility index (Phi) is 6.71. The Hall–Kier alpha value is -3.28. The van der Waals surface area contributed by atoms with Crippen LogP contribution in [0.3, 0.4) is 0 Å². The first kappa shape index (κ1) is 26.9. The van der Waals surface area contributed by atoms with E-state index in [9.17, 15) is 14.3 Å². The van der Waals surface area contributed by atoms with Gasteiger partial charge in [0, 0.05) is 55.3 Å². The van der Waals surface area contributed by atoms with Gasteiger partial charge in [0.15, 0.2) is 11.9 Å². The molecule has 3 saturated heterocycles. The van der Waals surface area contributed by atoms with Gasteiger partial charge in [0.05, 0.1) is 17.2 Å². The number of hydrogen-bond donors (Lipinski definition) is 1. The monoisotopic (exact) mass is 572 g/mol. The maximum Gasteiger partial charge on any atom is 0.254 e. The van der Waals surface area contributed by atoms with Gasteiger partial charge in [-0.1, -0.05) is 17.7 Å². The molecule has 9 nitrogen and oxygen atoms in total. The molecule has 3 aliphatic rings. The third-order valence-electron chi connectivity index (χ3n) is 8.12. The first-order valence-electron chi connectivity index (χ1n) is 13.3.